The van der Waals surface area contributed by atoms with Crippen molar-refractivity contribution in [3.05, 3.63) is 65.7 Å². The molecule has 0 radical (unpaired) electrons. The van der Waals surface area contributed by atoms with Crippen LogP contribution in [0, 0.1) is 0 Å². The first-order valence-corrected chi connectivity index (χ1v) is 7.85. The van der Waals surface area contributed by atoms with Gasteiger partial charge in [0.1, 0.15) is 5.75 Å². The molecule has 0 bridgehead atoms. The number of rotatable bonds is 7. The largest absolute Gasteiger partial charge is 0.497 e. The normalized spacial score (nSPS) is 12.5. The summed E-state index contributed by atoms with van der Waals surface area (Å²) in [4.78, 5) is 12.7. The van der Waals surface area contributed by atoms with Crippen molar-refractivity contribution in [3.63, 3.8) is 0 Å². The molecule has 0 aromatic heterocycles. The van der Waals surface area contributed by atoms with Gasteiger partial charge in [0.25, 0.3) is 5.91 Å². The summed E-state index contributed by atoms with van der Waals surface area (Å²) in [6.07, 6.45) is 1.88. The van der Waals surface area contributed by atoms with Gasteiger partial charge in [-0.2, -0.15) is 0 Å². The van der Waals surface area contributed by atoms with Crippen molar-refractivity contribution in [2.75, 3.05) is 20.8 Å². The zero-order chi connectivity index (χ0) is 17.4. The number of carbonyl (C=O) groups is 1. The van der Waals surface area contributed by atoms with Crippen molar-refractivity contribution in [3.8, 4) is 5.75 Å². The van der Waals surface area contributed by atoms with Gasteiger partial charge in [-0.3, -0.25) is 4.79 Å². The van der Waals surface area contributed by atoms with Gasteiger partial charge >= 0.3 is 0 Å². The van der Waals surface area contributed by atoms with Gasteiger partial charge in [0.2, 0.25) is 0 Å². The average molecular weight is 325 g/mol. The smallest absolute Gasteiger partial charge is 0.252 e. The summed E-state index contributed by atoms with van der Waals surface area (Å²) in [5, 5.41) is 2.97. The molecule has 1 atom stereocenters. The van der Waals surface area contributed by atoms with E-state index in [4.69, 9.17) is 9.47 Å². The first-order chi connectivity index (χ1) is 11.6. The second kappa shape index (κ2) is 8.89. The van der Waals surface area contributed by atoms with Crippen LogP contribution in [0.4, 0.5) is 0 Å². The first-order valence-electron chi connectivity index (χ1n) is 7.85. The molecule has 4 heteroatoms. The molecular formula is C20H23NO3. The number of carbonyl (C=O) groups excluding carboxylic acids is 1. The zero-order valence-corrected chi connectivity index (χ0v) is 14.3. The van der Waals surface area contributed by atoms with Crippen molar-refractivity contribution in [1.82, 2.24) is 5.32 Å². The molecule has 0 aliphatic carbocycles. The Bertz CT molecular complexity index is 678. The Morgan fingerprint density at radius 1 is 1.08 bits per heavy atom. The minimum Gasteiger partial charge on any atom is -0.497 e. The van der Waals surface area contributed by atoms with Gasteiger partial charge < -0.3 is 14.8 Å². The second-order valence-electron chi connectivity index (χ2n) is 5.53. The molecule has 0 aliphatic rings. The highest BCUT2D eigenvalue weighted by molar-refractivity contribution is 6.24. The lowest BCUT2D eigenvalue weighted by Gasteiger charge is -2.15. The molecule has 126 valence electrons. The van der Waals surface area contributed by atoms with Crippen LogP contribution in [0.5, 0.6) is 5.75 Å². The van der Waals surface area contributed by atoms with Gasteiger partial charge in [0, 0.05) is 18.7 Å². The summed E-state index contributed by atoms with van der Waals surface area (Å²) < 4.78 is 10.3. The lowest BCUT2D eigenvalue weighted by atomic mass is 10.0. The number of benzene rings is 2. The van der Waals surface area contributed by atoms with E-state index in [9.17, 15) is 4.79 Å². The number of amides is 1. The fourth-order valence-electron chi connectivity index (χ4n) is 2.36. The first kappa shape index (κ1) is 17.8. The second-order valence-corrected chi connectivity index (χ2v) is 5.53. The zero-order valence-electron chi connectivity index (χ0n) is 14.3. The molecule has 2 rings (SSSR count). The Kier molecular flexibility index (Phi) is 6.58. The van der Waals surface area contributed by atoms with E-state index >= 15 is 0 Å². The Morgan fingerprint density at radius 3 is 2.33 bits per heavy atom. The van der Waals surface area contributed by atoms with Gasteiger partial charge in [-0.15, -0.1) is 0 Å². The lowest BCUT2D eigenvalue weighted by Crippen LogP contribution is -2.36. The quantitative estimate of drug-likeness (QED) is 0.627. The van der Waals surface area contributed by atoms with E-state index in [-0.39, 0.29) is 11.9 Å². The third-order valence-electron chi connectivity index (χ3n) is 3.55. The molecule has 0 heterocycles. The molecule has 1 N–H and O–H groups in total. The summed E-state index contributed by atoms with van der Waals surface area (Å²) in [7, 11) is 3.25. The van der Waals surface area contributed by atoms with Crippen LogP contribution in [0.25, 0.3) is 11.6 Å². The fourth-order valence-corrected chi connectivity index (χ4v) is 2.36. The van der Waals surface area contributed by atoms with E-state index in [1.165, 1.54) is 0 Å². The highest BCUT2D eigenvalue weighted by Gasteiger charge is 2.14. The van der Waals surface area contributed by atoms with E-state index in [2.05, 4.69) is 5.32 Å². The van der Waals surface area contributed by atoms with Crippen molar-refractivity contribution < 1.29 is 14.3 Å². The van der Waals surface area contributed by atoms with E-state index in [0.29, 0.717) is 12.2 Å². The maximum Gasteiger partial charge on any atom is 0.252 e. The van der Waals surface area contributed by atoms with Gasteiger partial charge in [0.05, 0.1) is 13.7 Å². The standard InChI is InChI=1S/C20H23NO3/c1-15(14-23-2)21-20(22)19(17-7-5-4-6-8-17)13-16-9-11-18(24-3)12-10-16/h4-13,15H,14H2,1-3H3,(H,21,22)/b19-13+/t15-/m1/s1. The van der Waals surface area contributed by atoms with Crippen LogP contribution in [0.15, 0.2) is 54.6 Å². The number of hydrogen-bond donors (Lipinski definition) is 1. The van der Waals surface area contributed by atoms with Crippen LogP contribution in [0.3, 0.4) is 0 Å². The summed E-state index contributed by atoms with van der Waals surface area (Å²) in [5.74, 6) is 0.660. The van der Waals surface area contributed by atoms with Crippen LogP contribution < -0.4 is 10.1 Å². The van der Waals surface area contributed by atoms with Crippen LogP contribution in [-0.4, -0.2) is 32.8 Å². The average Bonchev–Trinajstić information content (AvgIpc) is 2.61. The highest BCUT2D eigenvalue weighted by Crippen LogP contribution is 2.20. The Morgan fingerprint density at radius 2 is 1.75 bits per heavy atom. The lowest BCUT2D eigenvalue weighted by molar-refractivity contribution is -0.116. The van der Waals surface area contributed by atoms with Gasteiger partial charge in [-0.1, -0.05) is 42.5 Å². The maximum atomic E-state index is 12.7. The molecule has 1 amide bonds. The van der Waals surface area contributed by atoms with E-state index < -0.39 is 0 Å². The molecule has 2 aromatic carbocycles. The van der Waals surface area contributed by atoms with E-state index in [0.717, 1.165) is 16.9 Å². The number of nitrogens with one attached hydrogen (secondary N) is 1. The molecule has 4 nitrogen and oxygen atoms in total. The van der Waals surface area contributed by atoms with Crippen LogP contribution in [0.2, 0.25) is 0 Å². The molecule has 0 aliphatic heterocycles. The molecule has 0 fully saturated rings. The number of hydrogen-bond acceptors (Lipinski definition) is 3. The minimum atomic E-state index is -0.124. The summed E-state index contributed by atoms with van der Waals surface area (Å²) in [6.45, 7) is 2.38. The predicted octanol–water partition coefficient (Wildman–Crippen LogP) is 3.39. The molecule has 24 heavy (non-hydrogen) atoms. The van der Waals surface area contributed by atoms with E-state index in [1.54, 1.807) is 14.2 Å². The van der Waals surface area contributed by atoms with Crippen LogP contribution in [0.1, 0.15) is 18.1 Å². The van der Waals surface area contributed by atoms with E-state index in [1.807, 2.05) is 67.6 Å². The third kappa shape index (κ3) is 4.96. The minimum absolute atomic E-state index is 0.0644. The van der Waals surface area contributed by atoms with Gasteiger partial charge in [0.15, 0.2) is 0 Å². The topological polar surface area (TPSA) is 47.6 Å². The van der Waals surface area contributed by atoms with Crippen molar-refractivity contribution in [1.29, 1.82) is 0 Å². The van der Waals surface area contributed by atoms with Gasteiger partial charge in [-0.25, -0.2) is 0 Å². The molecule has 0 saturated heterocycles. The fraction of sp³-hybridized carbons (Fsp3) is 0.250. The summed E-state index contributed by atoms with van der Waals surface area (Å²) in [5.41, 5.74) is 2.42. The summed E-state index contributed by atoms with van der Waals surface area (Å²) in [6, 6.07) is 17.2. The number of methoxy groups -OCH3 is 2. The predicted molar refractivity (Wildman–Crippen MR) is 96.8 cm³/mol. The molecule has 0 unspecified atom stereocenters. The third-order valence-corrected chi connectivity index (χ3v) is 3.55. The Hall–Kier alpha value is -2.59. The molecule has 2 aromatic rings. The van der Waals surface area contributed by atoms with Gasteiger partial charge in [-0.05, 0) is 36.3 Å². The van der Waals surface area contributed by atoms with Crippen LogP contribution in [-0.2, 0) is 9.53 Å². The highest BCUT2D eigenvalue weighted by atomic mass is 16.5. The Balaban J connectivity index is 2.31. The molecule has 0 spiro atoms. The number of ether oxygens (including phenoxy) is 2. The SMILES string of the molecule is COC[C@@H](C)NC(=O)/C(=C/c1ccc(OC)cc1)c1ccccc1. The van der Waals surface area contributed by atoms with Crippen molar-refractivity contribution >= 4 is 17.6 Å². The van der Waals surface area contributed by atoms with Crippen molar-refractivity contribution in [2.24, 2.45) is 0 Å². The van der Waals surface area contributed by atoms with Crippen molar-refractivity contribution in [2.45, 2.75) is 13.0 Å². The summed E-state index contributed by atoms with van der Waals surface area (Å²) >= 11 is 0. The molecule has 0 saturated carbocycles. The maximum absolute atomic E-state index is 12.7. The van der Waals surface area contributed by atoms with Crippen LogP contribution >= 0.6 is 0 Å². The Labute approximate surface area is 143 Å². The monoisotopic (exact) mass is 325 g/mol. The molecular weight excluding hydrogens is 302 g/mol.